The van der Waals surface area contributed by atoms with Crippen LogP contribution in [0.5, 0.6) is 17.2 Å². The summed E-state index contributed by atoms with van der Waals surface area (Å²) in [4.78, 5) is 46.1. The number of aliphatic hydroxyl groups is 1. The summed E-state index contributed by atoms with van der Waals surface area (Å²) < 4.78 is 22.3. The van der Waals surface area contributed by atoms with Gasteiger partial charge in [0.1, 0.15) is 16.4 Å². The summed E-state index contributed by atoms with van der Waals surface area (Å²) >= 11 is 0.953. The van der Waals surface area contributed by atoms with Crippen molar-refractivity contribution in [2.24, 2.45) is 5.92 Å². The van der Waals surface area contributed by atoms with Gasteiger partial charge in [0.15, 0.2) is 16.6 Å². The lowest BCUT2D eigenvalue weighted by Crippen LogP contribution is -2.29. The molecule has 44 heavy (non-hydrogen) atoms. The molecule has 1 aromatic heterocycles. The number of hydrogen-bond acceptors (Lipinski definition) is 10. The third kappa shape index (κ3) is 6.88. The molecule has 1 N–H and O–H groups in total. The van der Waals surface area contributed by atoms with Crippen molar-refractivity contribution in [2.75, 3.05) is 31.8 Å². The maximum Gasteiger partial charge on any atom is 0.350 e. The van der Waals surface area contributed by atoms with E-state index in [2.05, 4.69) is 11.9 Å². The highest BCUT2D eigenvalue weighted by atomic mass is 32.1. The number of carbonyl (C=O) groups excluding carboxylic acids is 3. The quantitative estimate of drug-likeness (QED) is 0.0750. The van der Waals surface area contributed by atoms with Crippen LogP contribution in [-0.2, 0) is 14.3 Å². The van der Waals surface area contributed by atoms with E-state index in [-0.39, 0.29) is 33.9 Å². The van der Waals surface area contributed by atoms with Crippen molar-refractivity contribution < 1.29 is 38.4 Å². The normalized spacial score (nSPS) is 16.0. The number of rotatable bonds is 13. The molecule has 1 aliphatic heterocycles. The van der Waals surface area contributed by atoms with Crippen LogP contribution < -0.4 is 19.1 Å². The predicted octanol–water partition coefficient (Wildman–Crippen LogP) is 6.48. The van der Waals surface area contributed by atoms with Crippen LogP contribution in [0.25, 0.3) is 5.76 Å². The highest BCUT2D eigenvalue weighted by Gasteiger charge is 2.48. The van der Waals surface area contributed by atoms with E-state index in [1.807, 2.05) is 20.8 Å². The first-order valence-corrected chi connectivity index (χ1v) is 15.4. The fourth-order valence-electron chi connectivity index (χ4n) is 4.66. The molecule has 0 saturated carbocycles. The molecule has 11 heteroatoms. The number of esters is 1. The largest absolute Gasteiger partial charge is 0.507 e. The van der Waals surface area contributed by atoms with E-state index in [0.29, 0.717) is 47.3 Å². The molecule has 3 aromatic rings. The highest BCUT2D eigenvalue weighted by molar-refractivity contribution is 7.17. The van der Waals surface area contributed by atoms with E-state index in [4.69, 9.17) is 18.9 Å². The first-order chi connectivity index (χ1) is 21.1. The molecule has 1 aliphatic rings. The van der Waals surface area contributed by atoms with Crippen molar-refractivity contribution in [1.82, 2.24) is 4.98 Å². The zero-order chi connectivity index (χ0) is 32.0. The summed E-state index contributed by atoms with van der Waals surface area (Å²) in [5, 5.41) is 11.7. The van der Waals surface area contributed by atoms with Crippen LogP contribution in [0.4, 0.5) is 5.13 Å². The Labute approximate surface area is 261 Å². The number of amides is 1. The number of thiazole rings is 1. The second-order valence-corrected chi connectivity index (χ2v) is 11.6. The Morgan fingerprint density at radius 3 is 2.43 bits per heavy atom. The molecule has 1 saturated heterocycles. The Hall–Kier alpha value is -4.38. The van der Waals surface area contributed by atoms with Gasteiger partial charge in [-0.25, -0.2) is 9.78 Å². The number of nitrogens with zero attached hydrogens (tertiary/aromatic N) is 2. The summed E-state index contributed by atoms with van der Waals surface area (Å²) in [6.07, 6.45) is 1.90. The monoisotopic (exact) mass is 622 g/mol. The molecular formula is C33H38N2O8S. The molecule has 0 radical (unpaired) electrons. The topological polar surface area (TPSA) is 124 Å². The molecule has 10 nitrogen and oxygen atoms in total. The summed E-state index contributed by atoms with van der Waals surface area (Å²) in [6.45, 7) is 10.6. The lowest BCUT2D eigenvalue weighted by Gasteiger charge is -2.24. The van der Waals surface area contributed by atoms with Gasteiger partial charge in [0.2, 0.25) is 0 Å². The zero-order valence-electron chi connectivity index (χ0n) is 25.8. The molecule has 0 spiro atoms. The lowest BCUT2D eigenvalue weighted by atomic mass is 9.95. The summed E-state index contributed by atoms with van der Waals surface area (Å²) in [6, 6.07) is 10.6. The zero-order valence-corrected chi connectivity index (χ0v) is 26.7. The van der Waals surface area contributed by atoms with Crippen molar-refractivity contribution in [3.8, 4) is 17.2 Å². The highest BCUT2D eigenvalue weighted by Crippen LogP contribution is 2.45. The van der Waals surface area contributed by atoms with Gasteiger partial charge in [0.05, 0.1) is 44.2 Å². The number of benzene rings is 2. The van der Waals surface area contributed by atoms with Gasteiger partial charge in [0.25, 0.3) is 5.78 Å². The Balaban J connectivity index is 1.83. The summed E-state index contributed by atoms with van der Waals surface area (Å²) in [5.74, 6) is -1.06. The number of Topliss-reactive ketones (excluding diaryl/α,β-unsaturated/α-hetero) is 1. The number of methoxy groups -OCH3 is 1. The average molecular weight is 623 g/mol. The Bertz CT molecular complexity index is 1540. The van der Waals surface area contributed by atoms with Gasteiger partial charge in [-0.05, 0) is 68.1 Å². The smallest absolute Gasteiger partial charge is 0.350 e. The van der Waals surface area contributed by atoms with Crippen LogP contribution in [0.15, 0.2) is 48.0 Å². The van der Waals surface area contributed by atoms with Gasteiger partial charge in [0, 0.05) is 5.56 Å². The third-order valence-corrected chi connectivity index (χ3v) is 8.00. The van der Waals surface area contributed by atoms with Crippen LogP contribution in [0, 0.1) is 12.8 Å². The number of aliphatic hydroxyl groups excluding tert-OH is 1. The standard InChI is InChI=1S/C33H38N2O8S/c1-7-9-16-42-23-13-10-21(11-14-23)28(36)26-27(22-12-15-24(41-8-2)25(17-22)40-6)35(31(38)29(26)37)33-34-20(5)30(44-33)32(39)43-18-19(3)4/h10-15,17,19,27,36H,7-9,16,18H2,1-6H3/t27-/m0/s1. The molecular weight excluding hydrogens is 584 g/mol. The maximum atomic E-state index is 13.7. The molecule has 2 aromatic carbocycles. The van der Waals surface area contributed by atoms with Crippen molar-refractivity contribution in [3.63, 3.8) is 0 Å². The maximum absolute atomic E-state index is 13.7. The van der Waals surface area contributed by atoms with Gasteiger partial charge in [-0.2, -0.15) is 0 Å². The second kappa shape index (κ2) is 14.4. The predicted molar refractivity (Wildman–Crippen MR) is 168 cm³/mol. The van der Waals surface area contributed by atoms with E-state index < -0.39 is 23.7 Å². The molecule has 2 heterocycles. The lowest BCUT2D eigenvalue weighted by molar-refractivity contribution is -0.132. The minimum Gasteiger partial charge on any atom is -0.507 e. The summed E-state index contributed by atoms with van der Waals surface area (Å²) in [5.41, 5.74) is 1.05. The van der Waals surface area contributed by atoms with Crippen molar-refractivity contribution in [1.29, 1.82) is 0 Å². The second-order valence-electron chi connectivity index (χ2n) is 10.6. The first-order valence-electron chi connectivity index (χ1n) is 14.6. The van der Waals surface area contributed by atoms with Crippen LogP contribution in [0.2, 0.25) is 0 Å². The molecule has 234 valence electrons. The molecule has 1 fully saturated rings. The van der Waals surface area contributed by atoms with E-state index in [1.54, 1.807) is 49.4 Å². The number of anilines is 1. The van der Waals surface area contributed by atoms with E-state index >= 15 is 0 Å². The van der Waals surface area contributed by atoms with Crippen molar-refractivity contribution in [2.45, 2.75) is 53.5 Å². The van der Waals surface area contributed by atoms with Crippen LogP contribution in [0.3, 0.4) is 0 Å². The number of unbranched alkanes of at least 4 members (excludes halogenated alkanes) is 1. The molecule has 1 amide bonds. The molecule has 0 aliphatic carbocycles. The first kappa shape index (κ1) is 32.5. The minimum atomic E-state index is -1.08. The van der Waals surface area contributed by atoms with Crippen LogP contribution in [0.1, 0.15) is 73.1 Å². The van der Waals surface area contributed by atoms with Gasteiger partial charge >= 0.3 is 11.9 Å². The van der Waals surface area contributed by atoms with Crippen molar-refractivity contribution >= 4 is 39.9 Å². The molecule has 0 bridgehead atoms. The fraction of sp³-hybridized carbons (Fsp3) is 0.394. The fourth-order valence-corrected chi connectivity index (χ4v) is 5.64. The van der Waals surface area contributed by atoms with Gasteiger partial charge in [-0.1, -0.05) is 44.6 Å². The SMILES string of the molecule is CCCCOc1ccc(C(O)=C2C(=O)C(=O)N(c3nc(C)c(C(=O)OCC(C)C)s3)[C@H]2c2ccc(OCC)c(OC)c2)cc1. The molecule has 4 rings (SSSR count). The number of aryl methyl sites for hydroxylation is 1. The number of hydrogen-bond donors (Lipinski definition) is 1. The number of ether oxygens (including phenoxy) is 4. The number of ketones is 1. The third-order valence-electron chi connectivity index (χ3n) is 6.87. The Morgan fingerprint density at radius 1 is 1.07 bits per heavy atom. The van der Waals surface area contributed by atoms with E-state index in [9.17, 15) is 19.5 Å². The molecule has 1 atom stereocenters. The van der Waals surface area contributed by atoms with Gasteiger partial charge in [-0.3, -0.25) is 14.5 Å². The summed E-state index contributed by atoms with van der Waals surface area (Å²) in [7, 11) is 1.49. The Kier molecular flexibility index (Phi) is 10.6. The van der Waals surface area contributed by atoms with E-state index in [1.165, 1.54) is 12.0 Å². The minimum absolute atomic E-state index is 0.123. The van der Waals surface area contributed by atoms with Gasteiger partial charge < -0.3 is 24.1 Å². The van der Waals surface area contributed by atoms with E-state index in [0.717, 1.165) is 24.2 Å². The molecule has 0 unspecified atom stereocenters. The van der Waals surface area contributed by atoms with Crippen LogP contribution >= 0.6 is 11.3 Å². The average Bonchev–Trinajstić information content (AvgIpc) is 3.52. The van der Waals surface area contributed by atoms with Crippen LogP contribution in [-0.4, -0.2) is 54.7 Å². The Morgan fingerprint density at radius 2 is 1.80 bits per heavy atom. The number of carbonyl (C=O) groups is 3. The van der Waals surface area contributed by atoms with Crippen molar-refractivity contribution in [3.05, 3.63) is 69.7 Å². The van der Waals surface area contributed by atoms with Gasteiger partial charge in [-0.15, -0.1) is 0 Å². The number of aromatic nitrogens is 1.